The monoisotopic (exact) mass is 142 g/mol. The molecule has 0 spiro atoms. The first-order valence-corrected chi connectivity index (χ1v) is 4.39. The van der Waals surface area contributed by atoms with Crippen LogP contribution in [0.25, 0.3) is 11.1 Å². The number of hydrogen-bond acceptors (Lipinski definition) is 0. The van der Waals surface area contributed by atoms with E-state index in [1.54, 1.807) is 0 Å². The zero-order valence-corrected chi connectivity index (χ0v) is 5.99. The van der Waals surface area contributed by atoms with Crippen molar-refractivity contribution in [1.82, 2.24) is 0 Å². The molecule has 0 aliphatic heterocycles. The highest BCUT2D eigenvalue weighted by atomic mass is 31.1. The quantitative estimate of drug-likeness (QED) is 0.240. The lowest BCUT2D eigenvalue weighted by atomic mass is 10.9. The zero-order chi connectivity index (χ0) is 7.11. The minimum Gasteiger partial charge on any atom is -0.362 e. The summed E-state index contributed by atoms with van der Waals surface area (Å²) in [6.07, 6.45) is 2.03. The lowest BCUT2D eigenvalue weighted by Gasteiger charge is -1.85. The van der Waals surface area contributed by atoms with E-state index in [0.717, 1.165) is 0 Å². The molecule has 0 heterocycles. The molecule has 0 N–H and O–H groups in total. The Balaban J connectivity index is 3.62. The van der Waals surface area contributed by atoms with Crippen LogP contribution in [0, 0.1) is 0 Å². The van der Waals surface area contributed by atoms with Gasteiger partial charge in [-0.05, 0) is 6.66 Å². The van der Waals surface area contributed by atoms with Crippen molar-refractivity contribution < 1.29 is 9.58 Å². The van der Waals surface area contributed by atoms with E-state index in [1.807, 2.05) is 6.66 Å². The molecule has 1 atom stereocenters. The van der Waals surface area contributed by atoms with Gasteiger partial charge in [0.15, 0.2) is 0 Å². The standard InChI is InChI=1S/C4H7N4P/c1-9(4-8-6)3-2-7-5/h2,4H,3H2,1H3. The summed E-state index contributed by atoms with van der Waals surface area (Å²) in [7, 11) is -0.438. The first kappa shape index (κ1) is 8.19. The predicted molar refractivity (Wildman–Crippen MR) is 37.1 cm³/mol. The molecule has 0 aromatic heterocycles. The van der Waals surface area contributed by atoms with Crippen molar-refractivity contribution in [1.29, 1.82) is 0 Å². The fraction of sp³-hybridized carbons (Fsp3) is 0.500. The van der Waals surface area contributed by atoms with Gasteiger partial charge in [-0.3, -0.25) is 0 Å². The molecule has 0 rings (SSSR count). The first-order chi connectivity index (χ1) is 4.31. The Labute approximate surface area is 54.5 Å². The third-order valence-electron chi connectivity index (χ3n) is 0.700. The van der Waals surface area contributed by atoms with Gasteiger partial charge in [0.25, 0.3) is 12.2 Å². The maximum Gasteiger partial charge on any atom is 0.276 e. The van der Waals surface area contributed by atoms with Crippen molar-refractivity contribution in [3.8, 4) is 0 Å². The van der Waals surface area contributed by atoms with E-state index in [-0.39, 0.29) is 0 Å². The van der Waals surface area contributed by atoms with Gasteiger partial charge in [-0.25, -0.2) is 0 Å². The smallest absolute Gasteiger partial charge is 0.276 e. The average Bonchev–Trinajstić information content (AvgIpc) is 1.85. The Bertz CT molecular complexity index is 165. The summed E-state index contributed by atoms with van der Waals surface area (Å²) in [6, 6.07) is 0. The Hall–Kier alpha value is -0.810. The molecule has 0 fully saturated rings. The highest BCUT2D eigenvalue weighted by Crippen LogP contribution is 2.22. The second-order valence-corrected chi connectivity index (χ2v) is 3.58. The topological polar surface area (TPSA) is 72.8 Å². The Kier molecular flexibility index (Phi) is 4.85. The fourth-order valence-electron chi connectivity index (χ4n) is 0.301. The molecule has 9 heavy (non-hydrogen) atoms. The van der Waals surface area contributed by atoms with Gasteiger partial charge in [0.1, 0.15) is 0 Å². The summed E-state index contributed by atoms with van der Waals surface area (Å²) < 4.78 is 0. The normalized spacial score (nSPS) is 10.8. The Morgan fingerprint density at radius 3 is 2.56 bits per heavy atom. The second kappa shape index (κ2) is 5.33. The van der Waals surface area contributed by atoms with Crippen LogP contribution >= 0.6 is 7.92 Å². The van der Waals surface area contributed by atoms with E-state index in [9.17, 15) is 0 Å². The van der Waals surface area contributed by atoms with Crippen LogP contribution in [0.4, 0.5) is 0 Å². The maximum absolute atomic E-state index is 8.01. The maximum atomic E-state index is 8.01. The molecule has 0 aliphatic rings. The minimum atomic E-state index is -0.438. The molecule has 5 heteroatoms. The van der Waals surface area contributed by atoms with Gasteiger partial charge in [-0.2, -0.15) is 9.58 Å². The highest BCUT2D eigenvalue weighted by Gasteiger charge is 2.00. The molecule has 0 aromatic carbocycles. The van der Waals surface area contributed by atoms with Gasteiger partial charge in [0.05, 0.1) is 6.16 Å². The van der Waals surface area contributed by atoms with Gasteiger partial charge in [0, 0.05) is 7.92 Å². The average molecular weight is 142 g/mol. The summed E-state index contributed by atoms with van der Waals surface area (Å²) >= 11 is 0. The zero-order valence-electron chi connectivity index (χ0n) is 5.10. The Morgan fingerprint density at radius 1 is 1.44 bits per heavy atom. The van der Waals surface area contributed by atoms with Crippen LogP contribution in [0.15, 0.2) is 0 Å². The molecule has 0 amide bonds. The number of rotatable bonds is 3. The van der Waals surface area contributed by atoms with Gasteiger partial charge >= 0.3 is 0 Å². The predicted octanol–water partition coefficient (Wildman–Crippen LogP) is 0.657. The van der Waals surface area contributed by atoms with Crippen molar-refractivity contribution in [3.05, 3.63) is 11.1 Å². The molecular weight excluding hydrogens is 135 g/mol. The van der Waals surface area contributed by atoms with Crippen molar-refractivity contribution in [3.63, 3.8) is 0 Å². The van der Waals surface area contributed by atoms with E-state index in [4.69, 9.17) is 11.1 Å². The lowest BCUT2D eigenvalue weighted by molar-refractivity contribution is 0.00276. The summed E-state index contributed by atoms with van der Waals surface area (Å²) in [5, 5.41) is 0. The first-order valence-electron chi connectivity index (χ1n) is 2.35. The SMILES string of the molecule is CP(C=[N+]=[N-])CC=[N+]=[N-]. The van der Waals surface area contributed by atoms with E-state index < -0.39 is 7.92 Å². The van der Waals surface area contributed by atoms with E-state index in [2.05, 4.69) is 9.58 Å². The number of nitrogens with zero attached hydrogens (tertiary/aromatic N) is 4. The lowest BCUT2D eigenvalue weighted by Crippen LogP contribution is -1.85. The number of hydrogen-bond donors (Lipinski definition) is 0. The third kappa shape index (κ3) is 5.05. The van der Waals surface area contributed by atoms with E-state index in [0.29, 0.717) is 6.16 Å². The van der Waals surface area contributed by atoms with Gasteiger partial charge in [-0.1, -0.05) is 0 Å². The summed E-state index contributed by atoms with van der Waals surface area (Å²) in [4.78, 5) is 5.65. The molecule has 0 saturated heterocycles. The van der Waals surface area contributed by atoms with Crippen molar-refractivity contribution in [2.45, 2.75) is 0 Å². The second-order valence-electron chi connectivity index (χ2n) is 1.47. The van der Waals surface area contributed by atoms with Crippen LogP contribution in [-0.2, 0) is 0 Å². The molecule has 0 saturated carbocycles. The molecule has 48 valence electrons. The van der Waals surface area contributed by atoms with Gasteiger partial charge in [-0.15, -0.1) is 0 Å². The van der Waals surface area contributed by atoms with Gasteiger partial charge in [0.2, 0.25) is 0 Å². The van der Waals surface area contributed by atoms with Crippen molar-refractivity contribution in [2.75, 3.05) is 12.8 Å². The molecule has 0 radical (unpaired) electrons. The summed E-state index contributed by atoms with van der Waals surface area (Å²) in [6.45, 7) is 1.91. The molecule has 4 nitrogen and oxygen atoms in total. The summed E-state index contributed by atoms with van der Waals surface area (Å²) in [5.41, 5.74) is 16.0. The van der Waals surface area contributed by atoms with Crippen LogP contribution in [-0.4, -0.2) is 34.6 Å². The summed E-state index contributed by atoms with van der Waals surface area (Å²) in [5.74, 6) is 1.44. The van der Waals surface area contributed by atoms with Crippen LogP contribution in [0.3, 0.4) is 0 Å². The van der Waals surface area contributed by atoms with Crippen LogP contribution in [0.1, 0.15) is 0 Å². The molecule has 1 unspecified atom stereocenters. The van der Waals surface area contributed by atoms with Crippen molar-refractivity contribution in [2.24, 2.45) is 0 Å². The van der Waals surface area contributed by atoms with Crippen LogP contribution in [0.5, 0.6) is 0 Å². The molecule has 0 aliphatic carbocycles. The largest absolute Gasteiger partial charge is 0.362 e. The molecule has 0 bridgehead atoms. The van der Waals surface area contributed by atoms with E-state index >= 15 is 0 Å². The van der Waals surface area contributed by atoms with Crippen molar-refractivity contribution >= 4 is 20.1 Å². The third-order valence-corrected chi connectivity index (χ3v) is 1.94. The minimum absolute atomic E-state index is 0.438. The van der Waals surface area contributed by atoms with E-state index in [1.165, 1.54) is 12.2 Å². The molecule has 0 aromatic rings. The Morgan fingerprint density at radius 2 is 2.11 bits per heavy atom. The van der Waals surface area contributed by atoms with Crippen LogP contribution in [0.2, 0.25) is 0 Å². The molecular formula is C4H7N4P. The van der Waals surface area contributed by atoms with Crippen LogP contribution < -0.4 is 0 Å². The van der Waals surface area contributed by atoms with Gasteiger partial charge < -0.3 is 11.1 Å². The highest BCUT2D eigenvalue weighted by molar-refractivity contribution is 7.72. The fourth-order valence-corrected chi connectivity index (χ4v) is 0.902.